The summed E-state index contributed by atoms with van der Waals surface area (Å²) < 4.78 is 0. The van der Waals surface area contributed by atoms with Crippen LogP contribution in [-0.4, -0.2) is 4.98 Å². The summed E-state index contributed by atoms with van der Waals surface area (Å²) in [4.78, 5) is 3.76. The van der Waals surface area contributed by atoms with E-state index >= 15 is 0 Å². The first-order valence-corrected chi connectivity index (χ1v) is 2.18. The van der Waals surface area contributed by atoms with Crippen LogP contribution in [0, 0.1) is 13.1 Å². The van der Waals surface area contributed by atoms with Crippen LogP contribution in [0.2, 0.25) is 0 Å². The van der Waals surface area contributed by atoms with Crippen molar-refractivity contribution >= 4 is 0 Å². The number of aromatic nitrogens is 1. The molecule has 0 bridgehead atoms. The second kappa shape index (κ2) is 4.16. The van der Waals surface area contributed by atoms with E-state index in [2.05, 4.69) is 11.2 Å². The third-order valence-corrected chi connectivity index (χ3v) is 0.763. The van der Waals surface area contributed by atoms with Crippen molar-refractivity contribution in [2.75, 3.05) is 0 Å². The minimum Gasteiger partial charge on any atom is -0.394 e. The van der Waals surface area contributed by atoms with E-state index in [0.29, 0.717) is 0 Å². The molecule has 1 rings (SSSR count). The summed E-state index contributed by atoms with van der Waals surface area (Å²) in [6.07, 6.45) is 4.46. The van der Waals surface area contributed by atoms with Gasteiger partial charge in [0.2, 0.25) is 0 Å². The molecule has 0 N–H and O–H groups in total. The van der Waals surface area contributed by atoms with Crippen LogP contribution in [0.15, 0.2) is 18.3 Å². The minimum absolute atomic E-state index is 0. The Bertz CT molecular complexity index is 138. The third kappa shape index (κ3) is 2.53. The normalized spacial score (nSPS) is 7.62. The Morgan fingerprint density at radius 3 is 2.62 bits per heavy atom. The van der Waals surface area contributed by atoms with Crippen molar-refractivity contribution in [1.82, 2.24) is 4.98 Å². The van der Waals surface area contributed by atoms with E-state index in [1.54, 1.807) is 12.3 Å². The zero-order chi connectivity index (χ0) is 5.11. The smallest absolute Gasteiger partial charge is 0 e. The fourth-order valence-corrected chi connectivity index (χ4v) is 0.394. The van der Waals surface area contributed by atoms with Crippen molar-refractivity contribution in [3.63, 3.8) is 0 Å². The van der Waals surface area contributed by atoms with Crippen LogP contribution in [-0.2, 0) is 32.7 Å². The second-order valence-corrected chi connectivity index (χ2v) is 1.46. The number of hydrogen-bond donors (Lipinski definition) is 0. The molecular formula is C6H6NY-. The van der Waals surface area contributed by atoms with Crippen LogP contribution in [0.25, 0.3) is 0 Å². The summed E-state index contributed by atoms with van der Waals surface area (Å²) in [5.74, 6) is 0. The Morgan fingerprint density at radius 2 is 2.38 bits per heavy atom. The fourth-order valence-electron chi connectivity index (χ4n) is 0.394. The van der Waals surface area contributed by atoms with E-state index in [4.69, 9.17) is 0 Å². The molecule has 1 nitrogen and oxygen atoms in total. The molecule has 0 aliphatic carbocycles. The Hall–Kier alpha value is 0.254. The molecular weight excluding hydrogens is 175 g/mol. The van der Waals surface area contributed by atoms with E-state index in [0.717, 1.165) is 0 Å². The van der Waals surface area contributed by atoms with E-state index in [9.17, 15) is 0 Å². The Balaban J connectivity index is 0.000000490. The zero-order valence-electron chi connectivity index (χ0n) is 4.76. The maximum Gasteiger partial charge on any atom is 0 e. The van der Waals surface area contributed by atoms with Gasteiger partial charge in [0.1, 0.15) is 0 Å². The first-order valence-electron chi connectivity index (χ1n) is 2.18. The quantitative estimate of drug-likeness (QED) is 0.547. The Morgan fingerprint density at radius 1 is 1.62 bits per heavy atom. The molecule has 2 heteroatoms. The van der Waals surface area contributed by atoms with E-state index in [-0.39, 0.29) is 32.7 Å². The molecule has 0 amide bonds. The molecule has 39 valence electrons. The van der Waals surface area contributed by atoms with Gasteiger partial charge in [0.25, 0.3) is 0 Å². The van der Waals surface area contributed by atoms with Crippen molar-refractivity contribution in [1.29, 1.82) is 0 Å². The van der Waals surface area contributed by atoms with Crippen LogP contribution < -0.4 is 0 Å². The third-order valence-electron chi connectivity index (χ3n) is 0.763. The van der Waals surface area contributed by atoms with Gasteiger partial charge >= 0.3 is 0 Å². The molecule has 0 saturated carbocycles. The molecule has 8 heavy (non-hydrogen) atoms. The average Bonchev–Trinajstić information content (AvgIpc) is 1.69. The summed E-state index contributed by atoms with van der Waals surface area (Å²) >= 11 is 0. The molecule has 0 aliphatic heterocycles. The monoisotopic (exact) mass is 181 g/mol. The van der Waals surface area contributed by atoms with Gasteiger partial charge < -0.3 is 4.98 Å². The first-order chi connectivity index (χ1) is 3.39. The van der Waals surface area contributed by atoms with Gasteiger partial charge in [0, 0.05) is 32.7 Å². The van der Waals surface area contributed by atoms with E-state index in [1.807, 2.05) is 13.0 Å². The summed E-state index contributed by atoms with van der Waals surface area (Å²) in [5, 5.41) is 0. The topological polar surface area (TPSA) is 12.9 Å². The molecule has 1 heterocycles. The van der Waals surface area contributed by atoms with Crippen molar-refractivity contribution in [3.05, 3.63) is 30.1 Å². The van der Waals surface area contributed by atoms with Crippen LogP contribution >= 0.6 is 0 Å². The molecule has 0 fully saturated rings. The van der Waals surface area contributed by atoms with Gasteiger partial charge in [-0.25, -0.2) is 0 Å². The molecule has 1 aromatic rings. The maximum absolute atomic E-state index is 3.76. The molecule has 1 aromatic heterocycles. The fraction of sp³-hybridized carbons (Fsp3) is 0.167. The van der Waals surface area contributed by atoms with E-state index in [1.165, 1.54) is 5.56 Å². The summed E-state index contributed by atoms with van der Waals surface area (Å²) in [6.45, 7) is 2.00. The van der Waals surface area contributed by atoms with Crippen molar-refractivity contribution in [3.8, 4) is 0 Å². The standard InChI is InChI=1S/C6H6N.Y/c1-6-3-2-4-7-5-6;/h2-3,5H,1H3;/q-1;. The molecule has 0 atom stereocenters. The molecule has 0 aliphatic rings. The Kier molecular flexibility index (Phi) is 4.30. The molecule has 1 radical (unpaired) electrons. The van der Waals surface area contributed by atoms with Crippen LogP contribution in [0.3, 0.4) is 0 Å². The molecule has 0 aromatic carbocycles. The van der Waals surface area contributed by atoms with Crippen molar-refractivity contribution in [2.24, 2.45) is 0 Å². The minimum atomic E-state index is 0. The van der Waals surface area contributed by atoms with Crippen molar-refractivity contribution in [2.45, 2.75) is 6.92 Å². The van der Waals surface area contributed by atoms with Crippen LogP contribution in [0.5, 0.6) is 0 Å². The summed E-state index contributed by atoms with van der Waals surface area (Å²) in [5.41, 5.74) is 1.18. The predicted molar refractivity (Wildman–Crippen MR) is 27.8 cm³/mol. The average molecular weight is 181 g/mol. The van der Waals surface area contributed by atoms with Gasteiger partial charge in [-0.05, 0) is 0 Å². The van der Waals surface area contributed by atoms with Gasteiger partial charge in [0.05, 0.1) is 0 Å². The number of nitrogens with zero attached hydrogens (tertiary/aromatic N) is 1. The van der Waals surface area contributed by atoms with Crippen LogP contribution in [0.1, 0.15) is 5.56 Å². The number of hydrogen-bond acceptors (Lipinski definition) is 1. The summed E-state index contributed by atoms with van der Waals surface area (Å²) in [7, 11) is 0. The Labute approximate surface area is 74.4 Å². The van der Waals surface area contributed by atoms with Gasteiger partial charge in [0.15, 0.2) is 0 Å². The van der Waals surface area contributed by atoms with Crippen molar-refractivity contribution < 1.29 is 32.7 Å². The molecule has 0 spiro atoms. The number of aryl methyl sites for hydroxylation is 1. The molecule has 0 unspecified atom stereocenters. The van der Waals surface area contributed by atoms with Gasteiger partial charge in [-0.1, -0.05) is 19.3 Å². The van der Waals surface area contributed by atoms with E-state index < -0.39 is 0 Å². The zero-order valence-corrected chi connectivity index (χ0v) is 7.59. The SMILES string of the molecule is Cc1cc[c-]nc1.[Y]. The van der Waals surface area contributed by atoms with Gasteiger partial charge in [-0.3, -0.25) is 0 Å². The number of pyridine rings is 1. The number of rotatable bonds is 0. The predicted octanol–water partition coefficient (Wildman–Crippen LogP) is 1.19. The maximum atomic E-state index is 3.76. The van der Waals surface area contributed by atoms with Gasteiger partial charge in [-0.15, -0.1) is 5.56 Å². The van der Waals surface area contributed by atoms with Crippen LogP contribution in [0.4, 0.5) is 0 Å². The van der Waals surface area contributed by atoms with Gasteiger partial charge in [-0.2, -0.15) is 12.1 Å². The molecule has 0 saturated heterocycles. The summed E-state index contributed by atoms with van der Waals surface area (Å²) in [6, 6.07) is 3.77. The largest absolute Gasteiger partial charge is 0.394 e. The first kappa shape index (κ1) is 8.25. The second-order valence-electron chi connectivity index (χ2n) is 1.46.